The summed E-state index contributed by atoms with van der Waals surface area (Å²) in [5, 5.41) is 3.91. The first-order valence-corrected chi connectivity index (χ1v) is 7.38. The molecule has 2 rings (SSSR count). The Morgan fingerprint density at radius 3 is 2.62 bits per heavy atom. The van der Waals surface area contributed by atoms with Gasteiger partial charge in [0, 0.05) is 17.3 Å². The Bertz CT molecular complexity index is 674. The van der Waals surface area contributed by atoms with E-state index >= 15 is 0 Å². The molecule has 0 unspecified atom stereocenters. The molecule has 2 aromatic carbocycles. The molecule has 0 saturated heterocycles. The van der Waals surface area contributed by atoms with E-state index in [0.29, 0.717) is 23.7 Å². The van der Waals surface area contributed by atoms with Crippen LogP contribution in [0, 0.1) is 0 Å². The van der Waals surface area contributed by atoms with Gasteiger partial charge in [-0.2, -0.15) is 0 Å². The summed E-state index contributed by atoms with van der Waals surface area (Å²) in [6.45, 7) is 0.460. The van der Waals surface area contributed by atoms with Crippen molar-refractivity contribution in [3.63, 3.8) is 0 Å². The number of amides is 1. The van der Waals surface area contributed by atoms with E-state index in [1.54, 1.807) is 6.07 Å². The molecule has 0 spiro atoms. The Morgan fingerprint density at radius 2 is 1.90 bits per heavy atom. The van der Waals surface area contributed by atoms with Crippen LogP contribution in [0.3, 0.4) is 0 Å². The van der Waals surface area contributed by atoms with E-state index in [2.05, 4.69) is 5.32 Å². The average Bonchev–Trinajstić information content (AvgIpc) is 2.42. The molecule has 0 aromatic heterocycles. The molecule has 0 heterocycles. The second-order valence-electron chi connectivity index (χ2n) is 4.50. The number of halogens is 3. The van der Waals surface area contributed by atoms with Crippen LogP contribution in [0.5, 0.6) is 0 Å². The van der Waals surface area contributed by atoms with Gasteiger partial charge in [-0.25, -0.2) is 0 Å². The molecule has 3 N–H and O–H groups in total. The number of nitrogens with one attached hydrogen (secondary N) is 1. The zero-order chi connectivity index (χ0) is 15.4. The molecule has 0 aliphatic carbocycles. The minimum atomic E-state index is -0.309. The molecule has 0 aliphatic heterocycles. The normalized spacial score (nSPS) is 10.4. The molecule has 0 fully saturated rings. The highest BCUT2D eigenvalue weighted by Gasteiger charge is 2.13. The van der Waals surface area contributed by atoms with Gasteiger partial charge in [0.1, 0.15) is 0 Å². The van der Waals surface area contributed by atoms with Gasteiger partial charge in [-0.15, -0.1) is 0 Å². The Kier molecular flexibility index (Phi) is 5.34. The van der Waals surface area contributed by atoms with E-state index in [0.717, 1.165) is 5.56 Å². The molecule has 1 amide bonds. The van der Waals surface area contributed by atoms with E-state index in [4.69, 9.17) is 40.5 Å². The van der Waals surface area contributed by atoms with Crippen molar-refractivity contribution in [1.29, 1.82) is 0 Å². The van der Waals surface area contributed by atoms with Gasteiger partial charge in [-0.05, 0) is 36.2 Å². The molecule has 6 heteroatoms. The van der Waals surface area contributed by atoms with Crippen LogP contribution in [-0.2, 0) is 6.42 Å². The summed E-state index contributed by atoms with van der Waals surface area (Å²) < 4.78 is 0. The predicted octanol–water partition coefficient (Wildman–Crippen LogP) is 4.20. The van der Waals surface area contributed by atoms with Crippen molar-refractivity contribution in [2.75, 3.05) is 12.3 Å². The number of hydrogen-bond donors (Lipinski definition) is 2. The maximum Gasteiger partial charge on any atom is 0.252 e. The summed E-state index contributed by atoms with van der Waals surface area (Å²) in [6, 6.07) is 10.5. The molecule has 0 atom stereocenters. The van der Waals surface area contributed by atoms with Crippen LogP contribution in [0.4, 0.5) is 5.69 Å². The van der Waals surface area contributed by atoms with Crippen LogP contribution in [0.15, 0.2) is 36.4 Å². The van der Waals surface area contributed by atoms with Crippen molar-refractivity contribution < 1.29 is 4.79 Å². The first-order chi connectivity index (χ1) is 9.97. The summed E-state index contributed by atoms with van der Waals surface area (Å²) in [7, 11) is 0. The summed E-state index contributed by atoms with van der Waals surface area (Å²) in [5.41, 5.74) is 7.37. The van der Waals surface area contributed by atoms with Crippen LogP contribution in [-0.4, -0.2) is 12.5 Å². The van der Waals surface area contributed by atoms with Crippen molar-refractivity contribution >= 4 is 46.4 Å². The zero-order valence-electron chi connectivity index (χ0n) is 11.0. The molecule has 21 heavy (non-hydrogen) atoms. The van der Waals surface area contributed by atoms with E-state index in [-0.39, 0.29) is 21.5 Å². The van der Waals surface area contributed by atoms with Gasteiger partial charge in [0.2, 0.25) is 0 Å². The third kappa shape index (κ3) is 4.27. The second-order valence-corrected chi connectivity index (χ2v) is 5.72. The smallest absolute Gasteiger partial charge is 0.252 e. The maximum absolute atomic E-state index is 12.1. The van der Waals surface area contributed by atoms with Gasteiger partial charge >= 0.3 is 0 Å². The lowest BCUT2D eigenvalue weighted by atomic mass is 10.1. The molecule has 0 aliphatic rings. The van der Waals surface area contributed by atoms with Gasteiger partial charge in [-0.1, -0.05) is 46.9 Å². The highest BCUT2D eigenvalue weighted by atomic mass is 35.5. The summed E-state index contributed by atoms with van der Waals surface area (Å²) >= 11 is 17.8. The molecule has 3 nitrogen and oxygen atoms in total. The topological polar surface area (TPSA) is 55.1 Å². The maximum atomic E-state index is 12.1. The van der Waals surface area contributed by atoms with Gasteiger partial charge < -0.3 is 11.1 Å². The van der Waals surface area contributed by atoms with Crippen molar-refractivity contribution in [3.8, 4) is 0 Å². The Hall–Kier alpha value is -1.42. The van der Waals surface area contributed by atoms with Gasteiger partial charge in [0.05, 0.1) is 15.6 Å². The van der Waals surface area contributed by atoms with Crippen molar-refractivity contribution in [1.82, 2.24) is 5.32 Å². The fourth-order valence-electron chi connectivity index (χ4n) is 1.88. The van der Waals surface area contributed by atoms with E-state index < -0.39 is 0 Å². The Balaban J connectivity index is 1.99. The van der Waals surface area contributed by atoms with Crippen LogP contribution in [0.25, 0.3) is 0 Å². The molecule has 2 aromatic rings. The lowest BCUT2D eigenvalue weighted by molar-refractivity contribution is 0.0954. The predicted molar refractivity (Wildman–Crippen MR) is 88.4 cm³/mol. The van der Waals surface area contributed by atoms with Crippen LogP contribution in [0.1, 0.15) is 15.9 Å². The molecule has 0 saturated carbocycles. The van der Waals surface area contributed by atoms with E-state index in [1.807, 2.05) is 18.2 Å². The highest BCUT2D eigenvalue weighted by molar-refractivity contribution is 6.44. The summed E-state index contributed by atoms with van der Waals surface area (Å²) in [6.07, 6.45) is 0.667. The Labute approximate surface area is 138 Å². The monoisotopic (exact) mass is 342 g/mol. The number of carbonyl (C=O) groups is 1. The lowest BCUT2D eigenvalue weighted by Crippen LogP contribution is -2.26. The highest BCUT2D eigenvalue weighted by Crippen LogP contribution is 2.28. The number of carbonyl (C=O) groups excluding carboxylic acids is 1. The Morgan fingerprint density at radius 1 is 1.14 bits per heavy atom. The molecule has 110 valence electrons. The van der Waals surface area contributed by atoms with Gasteiger partial charge in [0.15, 0.2) is 0 Å². The first-order valence-electron chi connectivity index (χ1n) is 6.24. The van der Waals surface area contributed by atoms with Crippen LogP contribution < -0.4 is 11.1 Å². The minimum Gasteiger partial charge on any atom is -0.399 e. The number of benzene rings is 2. The fourth-order valence-corrected chi connectivity index (χ4v) is 2.52. The molecular formula is C15H13Cl3N2O. The van der Waals surface area contributed by atoms with E-state index in [1.165, 1.54) is 12.1 Å². The average molecular weight is 344 g/mol. The van der Waals surface area contributed by atoms with Crippen LogP contribution >= 0.6 is 34.8 Å². The zero-order valence-corrected chi connectivity index (χ0v) is 13.3. The number of nitrogens with two attached hydrogens (primary N) is 1. The molecular weight excluding hydrogens is 331 g/mol. The van der Waals surface area contributed by atoms with Gasteiger partial charge in [-0.3, -0.25) is 4.79 Å². The standard InChI is InChI=1S/C15H13Cl3N2O/c16-10-3-1-2-9(6-10)4-5-20-15(21)12-7-11(19)8-13(17)14(12)18/h1-3,6-8H,4-5,19H2,(H,20,21). The number of hydrogen-bond acceptors (Lipinski definition) is 2. The molecule has 0 bridgehead atoms. The number of nitrogen functional groups attached to an aromatic ring is 1. The number of anilines is 1. The van der Waals surface area contributed by atoms with Crippen LogP contribution in [0.2, 0.25) is 15.1 Å². The van der Waals surface area contributed by atoms with Crippen molar-refractivity contribution in [2.45, 2.75) is 6.42 Å². The third-order valence-electron chi connectivity index (χ3n) is 2.88. The van der Waals surface area contributed by atoms with E-state index in [9.17, 15) is 4.79 Å². The molecule has 0 radical (unpaired) electrons. The first kappa shape index (κ1) is 16.0. The third-order valence-corrected chi connectivity index (χ3v) is 3.92. The quantitative estimate of drug-likeness (QED) is 0.817. The SMILES string of the molecule is Nc1cc(Cl)c(Cl)c(C(=O)NCCc2cccc(Cl)c2)c1. The van der Waals surface area contributed by atoms with Crippen molar-refractivity contribution in [2.24, 2.45) is 0 Å². The van der Waals surface area contributed by atoms with Crippen molar-refractivity contribution in [3.05, 3.63) is 62.6 Å². The minimum absolute atomic E-state index is 0.200. The fraction of sp³-hybridized carbons (Fsp3) is 0.133. The largest absolute Gasteiger partial charge is 0.399 e. The summed E-state index contributed by atoms with van der Waals surface area (Å²) in [5.74, 6) is -0.309. The number of rotatable bonds is 4. The lowest BCUT2D eigenvalue weighted by Gasteiger charge is -2.09. The van der Waals surface area contributed by atoms with Gasteiger partial charge in [0.25, 0.3) is 5.91 Å². The summed E-state index contributed by atoms with van der Waals surface area (Å²) in [4.78, 5) is 12.1. The second kappa shape index (κ2) is 7.03.